The molecular formula is C23H26ClN5O2. The predicted octanol–water partition coefficient (Wildman–Crippen LogP) is 3.89. The molecule has 1 fully saturated rings. The summed E-state index contributed by atoms with van der Waals surface area (Å²) in [6.07, 6.45) is 0. The summed E-state index contributed by atoms with van der Waals surface area (Å²) in [6, 6.07) is 15.2. The molecule has 0 bridgehead atoms. The van der Waals surface area contributed by atoms with E-state index in [0.717, 1.165) is 56.3 Å². The second-order valence-electron chi connectivity index (χ2n) is 7.48. The molecule has 1 saturated heterocycles. The molecule has 1 aliphatic heterocycles. The lowest BCUT2D eigenvalue weighted by molar-refractivity contribution is 0.0398. The van der Waals surface area contributed by atoms with Crippen molar-refractivity contribution >= 4 is 28.9 Å². The zero-order valence-electron chi connectivity index (χ0n) is 17.5. The van der Waals surface area contributed by atoms with Gasteiger partial charge in [0.15, 0.2) is 0 Å². The van der Waals surface area contributed by atoms with Crippen LogP contribution in [-0.4, -0.2) is 54.3 Å². The number of anilines is 3. The maximum atomic E-state index is 12.5. The topological polar surface area (TPSA) is 82.3 Å². The van der Waals surface area contributed by atoms with Gasteiger partial charge in [0.05, 0.1) is 18.9 Å². The molecule has 0 radical (unpaired) electrons. The number of morpholine rings is 1. The fourth-order valence-corrected chi connectivity index (χ4v) is 3.63. The van der Waals surface area contributed by atoms with Gasteiger partial charge >= 0.3 is 0 Å². The summed E-state index contributed by atoms with van der Waals surface area (Å²) in [5.74, 6) is 0.388. The lowest BCUT2D eigenvalue weighted by Crippen LogP contribution is -2.38. The first-order valence-corrected chi connectivity index (χ1v) is 10.7. The summed E-state index contributed by atoms with van der Waals surface area (Å²) in [6.45, 7) is 7.14. The highest BCUT2D eigenvalue weighted by Gasteiger charge is 2.12. The van der Waals surface area contributed by atoms with Gasteiger partial charge in [-0.1, -0.05) is 23.7 Å². The van der Waals surface area contributed by atoms with E-state index >= 15 is 0 Å². The highest BCUT2D eigenvalue weighted by molar-refractivity contribution is 6.30. The molecule has 0 spiro atoms. The first kappa shape index (κ1) is 21.4. The average Bonchev–Trinajstić information content (AvgIpc) is 2.79. The van der Waals surface area contributed by atoms with Gasteiger partial charge < -0.3 is 15.4 Å². The van der Waals surface area contributed by atoms with Crippen LogP contribution in [0.15, 0.2) is 53.3 Å². The fourth-order valence-electron chi connectivity index (χ4n) is 3.50. The average molecular weight is 440 g/mol. The summed E-state index contributed by atoms with van der Waals surface area (Å²) >= 11 is 5.95. The van der Waals surface area contributed by atoms with Crippen molar-refractivity contribution in [3.8, 4) is 11.3 Å². The number of benzene rings is 2. The number of hydrogen-bond donors (Lipinski definition) is 3. The number of hydrogen-bond acceptors (Lipinski definition) is 6. The molecule has 1 aromatic heterocycles. The molecule has 162 valence electrons. The van der Waals surface area contributed by atoms with E-state index in [1.807, 2.05) is 36.4 Å². The van der Waals surface area contributed by atoms with E-state index in [0.29, 0.717) is 22.2 Å². The van der Waals surface area contributed by atoms with Gasteiger partial charge in [0, 0.05) is 53.7 Å². The maximum Gasteiger partial charge on any atom is 0.255 e. The summed E-state index contributed by atoms with van der Waals surface area (Å²) in [5.41, 5.74) is 3.73. The Hall–Kier alpha value is -2.87. The minimum atomic E-state index is -0.174. The Bertz CT molecular complexity index is 1080. The number of aromatic nitrogens is 2. The van der Waals surface area contributed by atoms with Crippen molar-refractivity contribution in [2.24, 2.45) is 0 Å². The number of H-pyrrole nitrogens is 1. The van der Waals surface area contributed by atoms with Crippen molar-refractivity contribution in [3.63, 3.8) is 0 Å². The first-order chi connectivity index (χ1) is 15.1. The SMILES string of the molecule is Cc1c(-c2cccc(NCCN3CCOCC3)c2)nc(Nc2ccc(Cl)cc2)[nH]c1=O. The molecule has 3 N–H and O–H groups in total. The van der Waals surface area contributed by atoms with Crippen molar-refractivity contribution in [1.82, 2.24) is 14.9 Å². The fraction of sp³-hybridized carbons (Fsp3) is 0.304. The minimum absolute atomic E-state index is 0.174. The maximum absolute atomic E-state index is 12.5. The van der Waals surface area contributed by atoms with E-state index < -0.39 is 0 Å². The lowest BCUT2D eigenvalue weighted by Gasteiger charge is -2.26. The van der Waals surface area contributed by atoms with Gasteiger partial charge in [0.25, 0.3) is 5.56 Å². The standard InChI is InChI=1S/C23H26ClN5O2/c1-16-21(27-23(28-22(16)30)26-19-7-5-18(24)6-8-19)17-3-2-4-20(15-17)25-9-10-29-11-13-31-14-12-29/h2-8,15,25H,9-14H2,1H3,(H2,26,27,28,30). The molecule has 2 aromatic carbocycles. The van der Waals surface area contributed by atoms with Gasteiger partial charge in [-0.25, -0.2) is 4.98 Å². The van der Waals surface area contributed by atoms with Crippen molar-refractivity contribution in [2.75, 3.05) is 50.0 Å². The molecule has 31 heavy (non-hydrogen) atoms. The monoisotopic (exact) mass is 439 g/mol. The number of nitrogens with zero attached hydrogens (tertiary/aromatic N) is 2. The highest BCUT2D eigenvalue weighted by atomic mass is 35.5. The summed E-state index contributed by atoms with van der Waals surface area (Å²) in [4.78, 5) is 22.4. The first-order valence-electron chi connectivity index (χ1n) is 10.4. The molecule has 8 heteroatoms. The Kier molecular flexibility index (Phi) is 6.86. The van der Waals surface area contributed by atoms with Gasteiger partial charge in [0.2, 0.25) is 5.95 Å². The van der Waals surface area contributed by atoms with Crippen LogP contribution in [0.4, 0.5) is 17.3 Å². The Balaban J connectivity index is 1.50. The van der Waals surface area contributed by atoms with Crippen LogP contribution < -0.4 is 16.2 Å². The zero-order chi connectivity index (χ0) is 21.6. The Morgan fingerprint density at radius 1 is 1.13 bits per heavy atom. The van der Waals surface area contributed by atoms with Crippen LogP contribution in [0.3, 0.4) is 0 Å². The third-order valence-electron chi connectivity index (χ3n) is 5.26. The molecule has 0 atom stereocenters. The van der Waals surface area contributed by atoms with E-state index in [-0.39, 0.29) is 5.56 Å². The Morgan fingerprint density at radius 3 is 2.68 bits per heavy atom. The number of nitrogens with one attached hydrogen (secondary N) is 3. The molecule has 0 saturated carbocycles. The zero-order valence-corrected chi connectivity index (χ0v) is 18.2. The van der Waals surface area contributed by atoms with Gasteiger partial charge in [-0.3, -0.25) is 14.7 Å². The van der Waals surface area contributed by atoms with Crippen LogP contribution in [0.2, 0.25) is 5.02 Å². The van der Waals surface area contributed by atoms with Crippen molar-refractivity contribution in [1.29, 1.82) is 0 Å². The van der Waals surface area contributed by atoms with Crippen molar-refractivity contribution in [2.45, 2.75) is 6.92 Å². The van der Waals surface area contributed by atoms with Crippen LogP contribution in [0.25, 0.3) is 11.3 Å². The molecule has 0 unspecified atom stereocenters. The van der Waals surface area contributed by atoms with Crippen LogP contribution in [0, 0.1) is 6.92 Å². The van der Waals surface area contributed by atoms with Crippen molar-refractivity contribution in [3.05, 3.63) is 69.5 Å². The Labute approximate surface area is 186 Å². The third-order valence-corrected chi connectivity index (χ3v) is 5.51. The summed E-state index contributed by atoms with van der Waals surface area (Å²) in [7, 11) is 0. The molecule has 0 aliphatic carbocycles. The van der Waals surface area contributed by atoms with Gasteiger partial charge in [-0.05, 0) is 43.3 Å². The molecule has 3 aromatic rings. The summed E-state index contributed by atoms with van der Waals surface area (Å²) in [5, 5.41) is 7.26. The Morgan fingerprint density at radius 2 is 1.90 bits per heavy atom. The van der Waals surface area contributed by atoms with Gasteiger partial charge in [0.1, 0.15) is 0 Å². The quantitative estimate of drug-likeness (QED) is 0.518. The third kappa shape index (κ3) is 5.64. The van der Waals surface area contributed by atoms with E-state index in [2.05, 4.69) is 25.5 Å². The normalized spacial score (nSPS) is 14.4. The van der Waals surface area contributed by atoms with Crippen molar-refractivity contribution < 1.29 is 4.74 Å². The van der Waals surface area contributed by atoms with Gasteiger partial charge in [-0.15, -0.1) is 0 Å². The smallest absolute Gasteiger partial charge is 0.255 e. The lowest BCUT2D eigenvalue weighted by atomic mass is 10.1. The van der Waals surface area contributed by atoms with Crippen LogP contribution in [-0.2, 0) is 4.74 Å². The van der Waals surface area contributed by atoms with E-state index in [4.69, 9.17) is 16.3 Å². The van der Waals surface area contributed by atoms with Crippen LogP contribution in [0.1, 0.15) is 5.56 Å². The second-order valence-corrected chi connectivity index (χ2v) is 7.92. The molecule has 1 aliphatic rings. The largest absolute Gasteiger partial charge is 0.384 e. The molecular weight excluding hydrogens is 414 g/mol. The number of rotatable bonds is 7. The van der Waals surface area contributed by atoms with Gasteiger partial charge in [-0.2, -0.15) is 0 Å². The van der Waals surface area contributed by atoms with Crippen LogP contribution >= 0.6 is 11.6 Å². The van der Waals surface area contributed by atoms with E-state index in [1.165, 1.54) is 0 Å². The second kappa shape index (κ2) is 9.96. The molecule has 7 nitrogen and oxygen atoms in total. The minimum Gasteiger partial charge on any atom is -0.384 e. The predicted molar refractivity (Wildman–Crippen MR) is 126 cm³/mol. The molecule has 4 rings (SSSR count). The number of aromatic amines is 1. The van der Waals surface area contributed by atoms with E-state index in [1.54, 1.807) is 19.1 Å². The molecule has 2 heterocycles. The summed E-state index contributed by atoms with van der Waals surface area (Å²) < 4.78 is 5.39. The highest BCUT2D eigenvalue weighted by Crippen LogP contribution is 2.24. The number of ether oxygens (including phenoxy) is 1. The van der Waals surface area contributed by atoms with E-state index in [9.17, 15) is 4.79 Å². The number of halogens is 1. The molecule has 0 amide bonds. The van der Waals surface area contributed by atoms with Crippen LogP contribution in [0.5, 0.6) is 0 Å².